The van der Waals surface area contributed by atoms with Gasteiger partial charge in [-0.2, -0.15) is 0 Å². The molecule has 1 fully saturated rings. The quantitative estimate of drug-likeness (QED) is 0.828. The predicted octanol–water partition coefficient (Wildman–Crippen LogP) is 3.58. The second-order valence-electron chi connectivity index (χ2n) is 5.01. The average molecular weight is 311 g/mol. The predicted molar refractivity (Wildman–Crippen MR) is 80.8 cm³/mol. The van der Waals surface area contributed by atoms with E-state index in [1.54, 1.807) is 0 Å². The van der Waals surface area contributed by atoms with Gasteiger partial charge in [-0.25, -0.2) is 0 Å². The number of benzene rings is 1. The topological polar surface area (TPSA) is 15.3 Å². The first-order chi connectivity index (χ1) is 8.76. The minimum absolute atomic E-state index is 0.438. The minimum atomic E-state index is 0.438. The van der Waals surface area contributed by atoms with Crippen molar-refractivity contribution in [3.05, 3.63) is 34.3 Å². The van der Waals surface area contributed by atoms with Gasteiger partial charge in [0.05, 0.1) is 0 Å². The summed E-state index contributed by atoms with van der Waals surface area (Å²) in [5, 5.41) is 3.44. The second kappa shape index (κ2) is 6.69. The first kappa shape index (κ1) is 14.0. The lowest BCUT2D eigenvalue weighted by Crippen LogP contribution is -2.30. The Hall–Kier alpha value is -0.380. The van der Waals surface area contributed by atoms with Gasteiger partial charge < -0.3 is 10.2 Å². The summed E-state index contributed by atoms with van der Waals surface area (Å²) in [6.07, 6.45) is 3.96. The van der Waals surface area contributed by atoms with Gasteiger partial charge >= 0.3 is 0 Å². The molecule has 1 N–H and O–H groups in total. The van der Waals surface area contributed by atoms with E-state index in [4.69, 9.17) is 0 Å². The SMILES string of the molecule is CCN(CCC(NC)c1ccccc1Br)C1CC1. The van der Waals surface area contributed by atoms with Crippen LogP contribution in [0.25, 0.3) is 0 Å². The molecule has 1 saturated carbocycles. The highest BCUT2D eigenvalue weighted by atomic mass is 79.9. The molecule has 0 aliphatic heterocycles. The van der Waals surface area contributed by atoms with Crippen molar-refractivity contribution in [1.82, 2.24) is 10.2 Å². The summed E-state index contributed by atoms with van der Waals surface area (Å²) >= 11 is 3.65. The van der Waals surface area contributed by atoms with Gasteiger partial charge in [0.15, 0.2) is 0 Å². The molecule has 1 aromatic carbocycles. The van der Waals surface area contributed by atoms with Gasteiger partial charge in [-0.1, -0.05) is 41.1 Å². The Bertz CT molecular complexity index is 377. The Balaban J connectivity index is 1.94. The standard InChI is InChI=1S/C15H23BrN2/c1-3-18(12-8-9-12)11-10-15(17-2)13-6-4-5-7-14(13)16/h4-7,12,15,17H,3,8-11H2,1-2H3. The molecule has 0 radical (unpaired) electrons. The lowest BCUT2D eigenvalue weighted by Gasteiger charge is -2.24. The Morgan fingerprint density at radius 2 is 2.11 bits per heavy atom. The lowest BCUT2D eigenvalue weighted by molar-refractivity contribution is 0.261. The molecule has 0 heterocycles. The first-order valence-corrected chi connectivity index (χ1v) is 7.71. The van der Waals surface area contributed by atoms with Crippen LogP contribution in [0.4, 0.5) is 0 Å². The molecule has 0 bridgehead atoms. The monoisotopic (exact) mass is 310 g/mol. The van der Waals surface area contributed by atoms with Crippen molar-refractivity contribution >= 4 is 15.9 Å². The van der Waals surface area contributed by atoms with E-state index in [2.05, 4.69) is 64.4 Å². The van der Waals surface area contributed by atoms with Crippen LogP contribution in [-0.4, -0.2) is 31.1 Å². The van der Waals surface area contributed by atoms with Gasteiger partial charge in [0.2, 0.25) is 0 Å². The maximum absolute atomic E-state index is 3.65. The van der Waals surface area contributed by atoms with Crippen LogP contribution in [0, 0.1) is 0 Å². The van der Waals surface area contributed by atoms with E-state index >= 15 is 0 Å². The number of halogens is 1. The summed E-state index contributed by atoms with van der Waals surface area (Å²) in [7, 11) is 2.05. The van der Waals surface area contributed by atoms with Crippen molar-refractivity contribution in [2.75, 3.05) is 20.1 Å². The molecular formula is C15H23BrN2. The second-order valence-corrected chi connectivity index (χ2v) is 5.87. The van der Waals surface area contributed by atoms with Crippen LogP contribution in [0.15, 0.2) is 28.7 Å². The van der Waals surface area contributed by atoms with E-state index < -0.39 is 0 Å². The van der Waals surface area contributed by atoms with Gasteiger partial charge in [-0.3, -0.25) is 0 Å². The fraction of sp³-hybridized carbons (Fsp3) is 0.600. The van der Waals surface area contributed by atoms with E-state index in [0.29, 0.717) is 6.04 Å². The zero-order chi connectivity index (χ0) is 13.0. The molecule has 0 spiro atoms. The average Bonchev–Trinajstić information content (AvgIpc) is 3.21. The summed E-state index contributed by atoms with van der Waals surface area (Å²) < 4.78 is 1.21. The molecule has 0 aromatic heterocycles. The number of rotatable bonds is 7. The van der Waals surface area contributed by atoms with E-state index in [1.165, 1.54) is 42.4 Å². The van der Waals surface area contributed by atoms with E-state index in [9.17, 15) is 0 Å². The fourth-order valence-electron chi connectivity index (χ4n) is 2.55. The summed E-state index contributed by atoms with van der Waals surface area (Å²) in [6, 6.07) is 9.82. The molecule has 1 atom stereocenters. The maximum Gasteiger partial charge on any atom is 0.0340 e. The minimum Gasteiger partial charge on any atom is -0.313 e. The number of nitrogens with zero attached hydrogens (tertiary/aromatic N) is 1. The van der Waals surface area contributed by atoms with E-state index in [0.717, 1.165) is 6.04 Å². The number of nitrogens with one attached hydrogen (secondary N) is 1. The summed E-state index contributed by atoms with van der Waals surface area (Å²) in [5.74, 6) is 0. The Morgan fingerprint density at radius 1 is 1.39 bits per heavy atom. The normalized spacial score (nSPS) is 17.1. The van der Waals surface area contributed by atoms with Gasteiger partial charge in [0.25, 0.3) is 0 Å². The molecule has 1 aromatic rings. The van der Waals surface area contributed by atoms with Crippen molar-refractivity contribution in [2.45, 2.75) is 38.3 Å². The Morgan fingerprint density at radius 3 is 2.67 bits per heavy atom. The van der Waals surface area contributed by atoms with Gasteiger partial charge in [-0.15, -0.1) is 0 Å². The van der Waals surface area contributed by atoms with Crippen molar-refractivity contribution in [2.24, 2.45) is 0 Å². The highest BCUT2D eigenvalue weighted by molar-refractivity contribution is 9.10. The highest BCUT2D eigenvalue weighted by Gasteiger charge is 2.28. The Kier molecular flexibility index (Phi) is 5.22. The van der Waals surface area contributed by atoms with Crippen LogP contribution in [0.2, 0.25) is 0 Å². The van der Waals surface area contributed by atoms with Crippen LogP contribution in [-0.2, 0) is 0 Å². The van der Waals surface area contributed by atoms with Crippen LogP contribution >= 0.6 is 15.9 Å². The largest absolute Gasteiger partial charge is 0.313 e. The molecule has 1 aliphatic carbocycles. The summed E-state index contributed by atoms with van der Waals surface area (Å²) in [4.78, 5) is 2.61. The van der Waals surface area contributed by atoms with Crippen LogP contribution in [0.3, 0.4) is 0 Å². The summed E-state index contributed by atoms with van der Waals surface area (Å²) in [5.41, 5.74) is 1.37. The van der Waals surface area contributed by atoms with Crippen LogP contribution in [0.1, 0.15) is 37.8 Å². The van der Waals surface area contributed by atoms with Crippen LogP contribution < -0.4 is 5.32 Å². The number of hydrogen-bond donors (Lipinski definition) is 1. The molecule has 0 amide bonds. The third-order valence-corrected chi connectivity index (χ3v) is 4.53. The molecular weight excluding hydrogens is 288 g/mol. The molecule has 2 nitrogen and oxygen atoms in total. The van der Waals surface area contributed by atoms with E-state index in [1.807, 2.05) is 0 Å². The zero-order valence-corrected chi connectivity index (χ0v) is 12.9. The first-order valence-electron chi connectivity index (χ1n) is 6.92. The van der Waals surface area contributed by atoms with Crippen molar-refractivity contribution < 1.29 is 0 Å². The lowest BCUT2D eigenvalue weighted by atomic mass is 10.0. The third kappa shape index (κ3) is 3.56. The van der Waals surface area contributed by atoms with Gasteiger partial charge in [0, 0.05) is 23.1 Å². The molecule has 3 heteroatoms. The van der Waals surface area contributed by atoms with Gasteiger partial charge in [0.1, 0.15) is 0 Å². The van der Waals surface area contributed by atoms with E-state index in [-0.39, 0.29) is 0 Å². The van der Waals surface area contributed by atoms with Crippen LogP contribution in [0.5, 0.6) is 0 Å². The third-order valence-electron chi connectivity index (χ3n) is 3.80. The fourth-order valence-corrected chi connectivity index (χ4v) is 3.11. The summed E-state index contributed by atoms with van der Waals surface area (Å²) in [6.45, 7) is 4.64. The van der Waals surface area contributed by atoms with Crippen molar-refractivity contribution in [3.8, 4) is 0 Å². The molecule has 1 unspecified atom stereocenters. The molecule has 100 valence electrons. The maximum atomic E-state index is 3.65. The van der Waals surface area contributed by atoms with Crippen molar-refractivity contribution in [1.29, 1.82) is 0 Å². The molecule has 0 saturated heterocycles. The van der Waals surface area contributed by atoms with Crippen molar-refractivity contribution in [3.63, 3.8) is 0 Å². The Labute approximate surface area is 119 Å². The highest BCUT2D eigenvalue weighted by Crippen LogP contribution is 2.29. The smallest absolute Gasteiger partial charge is 0.0340 e. The molecule has 2 rings (SSSR count). The van der Waals surface area contributed by atoms with Gasteiger partial charge in [-0.05, 0) is 44.5 Å². The molecule has 18 heavy (non-hydrogen) atoms. The molecule has 1 aliphatic rings. The zero-order valence-electron chi connectivity index (χ0n) is 11.3. The number of hydrogen-bond acceptors (Lipinski definition) is 2.